The molecule has 0 heterocycles. The Balaban J connectivity index is -0.0000000450. The predicted molar refractivity (Wildman–Crippen MR) is 24.6 cm³/mol. The summed E-state index contributed by atoms with van der Waals surface area (Å²) in [4.78, 5) is 0. The smallest absolute Gasteiger partial charge is 0.150 e. The summed E-state index contributed by atoms with van der Waals surface area (Å²) in [6, 6.07) is 0. The van der Waals surface area contributed by atoms with Crippen molar-refractivity contribution in [3.63, 3.8) is 0 Å². The molecule has 0 aliphatic heterocycles. The Bertz CT molecular complexity index is 11.5. The molecule has 0 spiro atoms. The van der Waals surface area contributed by atoms with E-state index in [2.05, 4.69) is 0 Å². The highest BCUT2D eigenvalue weighted by Crippen LogP contribution is 2.21. The van der Waals surface area contributed by atoms with E-state index in [4.69, 9.17) is 0 Å². The lowest BCUT2D eigenvalue weighted by molar-refractivity contribution is 0.823. The molecule has 0 rings (SSSR count). The third kappa shape index (κ3) is 24.8. The molecule has 0 aromatic heterocycles. The largest absolute Gasteiger partial charge is 0.412 e. The molecular formula is H4F2O2S2. The van der Waals surface area contributed by atoms with E-state index in [0.717, 1.165) is 0 Å². The first-order valence-electron chi connectivity index (χ1n) is 0.475. The molecular weight excluding hydrogens is 134 g/mol. The summed E-state index contributed by atoms with van der Waals surface area (Å²) in [5.41, 5.74) is 0. The number of hydrogen-bond acceptors (Lipinski definition) is 2. The van der Waals surface area contributed by atoms with Gasteiger partial charge in [0.15, 0.2) is 0 Å². The zero-order valence-corrected chi connectivity index (χ0v) is 4.21. The molecule has 42 valence electrons. The van der Waals surface area contributed by atoms with Gasteiger partial charge in [-0.1, -0.05) is 0 Å². The van der Waals surface area contributed by atoms with Gasteiger partial charge in [-0.05, 0) is 0 Å². The van der Waals surface area contributed by atoms with Crippen LogP contribution in [0.5, 0.6) is 0 Å². The van der Waals surface area contributed by atoms with Gasteiger partial charge < -0.3 is 11.0 Å². The SMILES string of the molecule is FSSF.O.O. The average Bonchev–Trinajstić information content (AvgIpc) is 1.37. The van der Waals surface area contributed by atoms with Gasteiger partial charge in [0, 0.05) is 0 Å². The molecule has 0 saturated heterocycles. The van der Waals surface area contributed by atoms with Crippen molar-refractivity contribution in [1.82, 2.24) is 0 Å². The molecule has 0 aliphatic rings. The molecule has 0 saturated carbocycles. The molecule has 2 nitrogen and oxygen atoms in total. The summed E-state index contributed by atoms with van der Waals surface area (Å²) in [7, 11) is 0. The Labute approximate surface area is 41.9 Å². The van der Waals surface area contributed by atoms with E-state index in [1.807, 2.05) is 0 Å². The van der Waals surface area contributed by atoms with Crippen molar-refractivity contribution < 1.29 is 18.7 Å². The maximum Gasteiger partial charge on any atom is 0.150 e. The maximum absolute atomic E-state index is 10.2. The van der Waals surface area contributed by atoms with E-state index < -0.39 is 22.4 Å². The highest BCUT2D eigenvalue weighted by molar-refractivity contribution is 8.72. The first-order chi connectivity index (χ1) is 1.91. The Hall–Kier alpha value is 0.480. The fraction of sp³-hybridized carbons (Fsp3) is 0. The Kier molecular flexibility index (Phi) is 47.9. The second-order valence-corrected chi connectivity index (χ2v) is 1.13. The van der Waals surface area contributed by atoms with Crippen molar-refractivity contribution >= 4 is 22.4 Å². The van der Waals surface area contributed by atoms with Crippen molar-refractivity contribution in [2.45, 2.75) is 0 Å². The fourth-order valence-electron chi connectivity index (χ4n) is 0. The summed E-state index contributed by atoms with van der Waals surface area (Å²) in [6.45, 7) is 0. The van der Waals surface area contributed by atoms with E-state index >= 15 is 0 Å². The third-order valence-electron chi connectivity index (χ3n) is 0.0238. The minimum Gasteiger partial charge on any atom is -0.412 e. The lowest BCUT2D eigenvalue weighted by atomic mass is 16.0. The second kappa shape index (κ2) is 17.9. The van der Waals surface area contributed by atoms with E-state index in [1.54, 1.807) is 0 Å². The van der Waals surface area contributed by atoms with Crippen molar-refractivity contribution in [3.8, 4) is 0 Å². The average molecular weight is 138 g/mol. The third-order valence-corrected chi connectivity index (χ3v) is 0.214. The fourth-order valence-corrected chi connectivity index (χ4v) is 0. The Morgan fingerprint density at radius 2 is 1.00 bits per heavy atom. The van der Waals surface area contributed by atoms with Crippen LogP contribution < -0.4 is 0 Å². The van der Waals surface area contributed by atoms with E-state index in [1.165, 1.54) is 0 Å². The monoisotopic (exact) mass is 138 g/mol. The predicted octanol–water partition coefficient (Wildman–Crippen LogP) is 0.487. The summed E-state index contributed by atoms with van der Waals surface area (Å²) < 4.78 is 20.5. The molecule has 0 atom stereocenters. The van der Waals surface area contributed by atoms with Gasteiger partial charge in [0.05, 0.1) is 0 Å². The minimum absolute atomic E-state index is 0. The molecule has 0 aliphatic carbocycles. The summed E-state index contributed by atoms with van der Waals surface area (Å²) in [6.07, 6.45) is 0. The number of hydrogen-bond donors (Lipinski definition) is 0. The second-order valence-electron chi connectivity index (χ2n) is 0.126. The molecule has 0 fully saturated rings. The highest BCUT2D eigenvalue weighted by atomic mass is 33.1. The lowest BCUT2D eigenvalue weighted by Gasteiger charge is -1.56. The van der Waals surface area contributed by atoms with E-state index in [9.17, 15) is 7.77 Å². The first kappa shape index (κ1) is 16.1. The molecule has 0 unspecified atom stereocenters. The van der Waals surface area contributed by atoms with Crippen LogP contribution in [0.1, 0.15) is 0 Å². The van der Waals surface area contributed by atoms with Crippen molar-refractivity contribution in [2.75, 3.05) is 0 Å². The quantitative estimate of drug-likeness (QED) is 0.495. The topological polar surface area (TPSA) is 63.0 Å². The van der Waals surface area contributed by atoms with Crippen molar-refractivity contribution in [3.05, 3.63) is 0 Å². The number of halogens is 2. The molecule has 0 aromatic rings. The van der Waals surface area contributed by atoms with E-state index in [0.29, 0.717) is 0 Å². The van der Waals surface area contributed by atoms with Crippen LogP contribution in [0.15, 0.2) is 0 Å². The standard InChI is InChI=1S/F2S2.2H2O/c1-3-4-2;;/h;2*1H2. The van der Waals surface area contributed by atoms with Crippen LogP contribution in [0, 0.1) is 0 Å². The first-order valence-corrected chi connectivity index (χ1v) is 2.43. The van der Waals surface area contributed by atoms with Crippen LogP contribution in [0.3, 0.4) is 0 Å². The zero-order chi connectivity index (χ0) is 3.41. The van der Waals surface area contributed by atoms with Gasteiger partial charge in [-0.3, -0.25) is 0 Å². The van der Waals surface area contributed by atoms with Gasteiger partial charge in [-0.15, -0.1) is 7.77 Å². The molecule has 6 heavy (non-hydrogen) atoms. The summed E-state index contributed by atoms with van der Waals surface area (Å²) >= 11 is -0.787. The molecule has 0 amide bonds. The normalized spacial score (nSPS) is 5.00. The molecule has 0 radical (unpaired) electrons. The molecule has 4 N–H and O–H groups in total. The van der Waals surface area contributed by atoms with Gasteiger partial charge in [-0.2, -0.15) is 0 Å². The zero-order valence-electron chi connectivity index (χ0n) is 2.57. The molecule has 0 aromatic carbocycles. The van der Waals surface area contributed by atoms with Gasteiger partial charge in [0.1, 0.15) is 22.4 Å². The van der Waals surface area contributed by atoms with Crippen molar-refractivity contribution in [1.29, 1.82) is 0 Å². The summed E-state index contributed by atoms with van der Waals surface area (Å²) in [5.74, 6) is 0. The van der Waals surface area contributed by atoms with Crippen LogP contribution in [0.2, 0.25) is 0 Å². The van der Waals surface area contributed by atoms with Crippen LogP contribution in [-0.2, 0) is 0 Å². The van der Waals surface area contributed by atoms with Crippen LogP contribution >= 0.6 is 22.4 Å². The molecule has 0 bridgehead atoms. The van der Waals surface area contributed by atoms with Crippen molar-refractivity contribution in [2.24, 2.45) is 0 Å². The maximum atomic E-state index is 10.2. The van der Waals surface area contributed by atoms with Gasteiger partial charge >= 0.3 is 0 Å². The van der Waals surface area contributed by atoms with E-state index in [-0.39, 0.29) is 11.0 Å². The number of rotatable bonds is 1. The Morgan fingerprint density at radius 3 is 1.00 bits per heavy atom. The van der Waals surface area contributed by atoms with Crippen LogP contribution in [0.25, 0.3) is 0 Å². The van der Waals surface area contributed by atoms with Gasteiger partial charge in [0.2, 0.25) is 0 Å². The van der Waals surface area contributed by atoms with Crippen LogP contribution in [-0.4, -0.2) is 11.0 Å². The van der Waals surface area contributed by atoms with Gasteiger partial charge in [-0.25, -0.2) is 0 Å². The lowest BCUT2D eigenvalue weighted by Crippen LogP contribution is -1.04. The molecule has 6 heteroatoms. The summed E-state index contributed by atoms with van der Waals surface area (Å²) in [5, 5.41) is 0. The Morgan fingerprint density at radius 1 is 0.833 bits per heavy atom. The van der Waals surface area contributed by atoms with Gasteiger partial charge in [0.25, 0.3) is 0 Å². The minimum atomic E-state index is -0.394. The van der Waals surface area contributed by atoms with Crippen LogP contribution in [0.4, 0.5) is 7.77 Å². The highest BCUT2D eigenvalue weighted by Gasteiger charge is 1.69.